The molecular weight excluding hydrogens is 476 g/mol. The van der Waals surface area contributed by atoms with E-state index < -0.39 is 8.32 Å². The number of esters is 1. The van der Waals surface area contributed by atoms with Crippen molar-refractivity contribution < 1.29 is 19.1 Å². The van der Waals surface area contributed by atoms with E-state index in [0.29, 0.717) is 6.42 Å². The predicted octanol–water partition coefficient (Wildman–Crippen LogP) is 7.35. The van der Waals surface area contributed by atoms with Crippen LogP contribution in [0.4, 0.5) is 0 Å². The largest absolute Gasteiger partial charge is 0.469 e. The van der Waals surface area contributed by atoms with E-state index in [0.717, 1.165) is 31.2 Å². The normalized spacial score (nSPS) is 23.7. The number of aliphatic hydroxyl groups excluding tert-OH is 1. The number of hydrogen-bond donors (Lipinski definition) is 1. The highest BCUT2D eigenvalue weighted by atomic mass is 35.5. The molecule has 1 N–H and O–H groups in total. The average molecular weight is 523 g/mol. The van der Waals surface area contributed by atoms with Crippen molar-refractivity contribution in [1.82, 2.24) is 0 Å². The van der Waals surface area contributed by atoms with Gasteiger partial charge in [-0.1, -0.05) is 71.0 Å². The first-order chi connectivity index (χ1) is 16.2. The summed E-state index contributed by atoms with van der Waals surface area (Å²) in [6.07, 6.45) is 8.31. The quantitative estimate of drug-likeness (QED) is 0.108. The second-order valence-electron chi connectivity index (χ2n) is 12.2. The van der Waals surface area contributed by atoms with Gasteiger partial charge in [0.2, 0.25) is 0 Å². The monoisotopic (exact) mass is 522 g/mol. The summed E-state index contributed by atoms with van der Waals surface area (Å²) in [4.78, 5) is 11.3. The number of halogens is 1. The molecule has 0 saturated heterocycles. The zero-order valence-electron chi connectivity index (χ0n) is 23.1. The molecule has 0 radical (unpaired) electrons. The van der Waals surface area contributed by atoms with E-state index in [1.54, 1.807) is 0 Å². The SMILES string of the molecule is COC(=O)CCC/C=C\CC1[C@H](Cl)C[C@H](O[Si](C)(C)C(C)(C)C)[C@@H]1c1ccc(C(C)(C)CO)cc1. The smallest absolute Gasteiger partial charge is 0.305 e. The molecule has 0 aliphatic heterocycles. The van der Waals surface area contributed by atoms with Gasteiger partial charge in [0.1, 0.15) is 0 Å². The van der Waals surface area contributed by atoms with E-state index in [1.165, 1.54) is 12.7 Å². The van der Waals surface area contributed by atoms with Crippen LogP contribution in [-0.2, 0) is 19.4 Å². The number of ether oxygens (including phenoxy) is 1. The van der Waals surface area contributed by atoms with E-state index in [9.17, 15) is 9.90 Å². The zero-order chi connectivity index (χ0) is 26.4. The van der Waals surface area contributed by atoms with Crippen LogP contribution in [0.25, 0.3) is 0 Å². The number of alkyl halides is 1. The molecule has 1 aliphatic carbocycles. The summed E-state index contributed by atoms with van der Waals surface area (Å²) < 4.78 is 11.7. The van der Waals surface area contributed by atoms with Crippen molar-refractivity contribution in [2.24, 2.45) is 5.92 Å². The van der Waals surface area contributed by atoms with Crippen LogP contribution in [0.1, 0.15) is 83.8 Å². The summed E-state index contributed by atoms with van der Waals surface area (Å²) in [5.74, 6) is 0.339. The van der Waals surface area contributed by atoms with Crippen molar-refractivity contribution in [2.45, 2.75) is 108 Å². The number of benzene rings is 1. The standard InChI is InChI=1S/C29H47ClO4Si/c1-28(2,3)35(7,8)34-25-19-24(30)23(13-11-9-10-12-14-26(32)33-6)27(25)21-15-17-22(18-16-21)29(4,5)20-31/h9,11,15-18,23-25,27,31H,10,12-14,19-20H2,1-8H3/b11-9-/t23?,24-,25+,27-/m1/s1. The highest BCUT2D eigenvalue weighted by Gasteiger charge is 2.48. The average Bonchev–Trinajstić information content (AvgIpc) is 3.09. The maximum atomic E-state index is 11.3. The highest BCUT2D eigenvalue weighted by molar-refractivity contribution is 6.74. The third-order valence-corrected chi connectivity index (χ3v) is 13.1. The topological polar surface area (TPSA) is 55.8 Å². The van der Waals surface area contributed by atoms with Gasteiger partial charge in [0.15, 0.2) is 8.32 Å². The number of methoxy groups -OCH3 is 1. The second-order valence-corrected chi connectivity index (χ2v) is 17.5. The van der Waals surface area contributed by atoms with Gasteiger partial charge in [-0.25, -0.2) is 0 Å². The van der Waals surface area contributed by atoms with Crippen LogP contribution in [0.3, 0.4) is 0 Å². The highest BCUT2D eigenvalue weighted by Crippen LogP contribution is 2.49. The number of carbonyl (C=O) groups is 1. The van der Waals surface area contributed by atoms with E-state index in [-0.39, 0.29) is 46.3 Å². The first-order valence-electron chi connectivity index (χ1n) is 13.0. The van der Waals surface area contributed by atoms with E-state index >= 15 is 0 Å². The van der Waals surface area contributed by atoms with Gasteiger partial charge < -0.3 is 14.3 Å². The summed E-state index contributed by atoms with van der Waals surface area (Å²) in [7, 11) is -0.538. The van der Waals surface area contributed by atoms with E-state index in [4.69, 9.17) is 20.8 Å². The number of carbonyl (C=O) groups excluding carboxylic acids is 1. The molecule has 1 aromatic carbocycles. The fourth-order valence-electron chi connectivity index (χ4n) is 4.56. The Hall–Kier alpha value is -1.14. The lowest BCUT2D eigenvalue weighted by Gasteiger charge is -2.40. The number of aliphatic hydroxyl groups is 1. The summed E-state index contributed by atoms with van der Waals surface area (Å²) in [6.45, 7) is 15.7. The van der Waals surface area contributed by atoms with Crippen molar-refractivity contribution in [1.29, 1.82) is 0 Å². The van der Waals surface area contributed by atoms with Gasteiger partial charge in [-0.2, -0.15) is 0 Å². The van der Waals surface area contributed by atoms with Crippen LogP contribution < -0.4 is 0 Å². The minimum absolute atomic E-state index is 0.0445. The Kier molecular flexibility index (Phi) is 10.7. The predicted molar refractivity (Wildman–Crippen MR) is 149 cm³/mol. The van der Waals surface area contributed by atoms with Crippen molar-refractivity contribution in [3.8, 4) is 0 Å². The van der Waals surface area contributed by atoms with Crippen LogP contribution >= 0.6 is 11.6 Å². The molecule has 0 heterocycles. The van der Waals surface area contributed by atoms with Gasteiger partial charge in [-0.15, -0.1) is 11.6 Å². The molecule has 1 saturated carbocycles. The third-order valence-electron chi connectivity index (χ3n) is 8.06. The van der Waals surface area contributed by atoms with E-state index in [1.807, 2.05) is 0 Å². The minimum Gasteiger partial charge on any atom is -0.469 e. The Balaban J connectivity index is 2.26. The third kappa shape index (κ3) is 7.92. The molecule has 1 aromatic rings. The Morgan fingerprint density at radius 3 is 2.31 bits per heavy atom. The lowest BCUT2D eigenvalue weighted by molar-refractivity contribution is -0.140. The van der Waals surface area contributed by atoms with Crippen molar-refractivity contribution in [3.05, 3.63) is 47.5 Å². The maximum absolute atomic E-state index is 11.3. The number of hydrogen-bond acceptors (Lipinski definition) is 4. The van der Waals surface area contributed by atoms with Gasteiger partial charge in [0.25, 0.3) is 0 Å². The summed E-state index contributed by atoms with van der Waals surface area (Å²) >= 11 is 6.99. The molecule has 1 fully saturated rings. The van der Waals surface area contributed by atoms with E-state index in [2.05, 4.69) is 84.1 Å². The van der Waals surface area contributed by atoms with Crippen LogP contribution in [0.5, 0.6) is 0 Å². The molecule has 0 spiro atoms. The molecule has 1 unspecified atom stereocenters. The summed E-state index contributed by atoms with van der Waals surface area (Å²) in [6, 6.07) is 8.72. The molecule has 0 aromatic heterocycles. The van der Waals surface area contributed by atoms with Gasteiger partial charge in [0, 0.05) is 23.1 Å². The molecule has 4 atom stereocenters. The maximum Gasteiger partial charge on any atom is 0.305 e. The molecule has 35 heavy (non-hydrogen) atoms. The summed E-state index contributed by atoms with van der Waals surface area (Å²) in [5.41, 5.74) is 2.12. The number of rotatable bonds is 11. The van der Waals surface area contributed by atoms with Crippen LogP contribution in [0, 0.1) is 5.92 Å². The lowest BCUT2D eigenvalue weighted by Crippen LogP contribution is -2.44. The Labute approximate surface area is 219 Å². The van der Waals surface area contributed by atoms with Crippen molar-refractivity contribution >= 4 is 25.9 Å². The molecule has 0 amide bonds. The molecule has 6 heteroatoms. The zero-order valence-corrected chi connectivity index (χ0v) is 24.8. The number of allylic oxidation sites excluding steroid dienone is 2. The van der Waals surface area contributed by atoms with Crippen molar-refractivity contribution in [2.75, 3.05) is 13.7 Å². The Morgan fingerprint density at radius 2 is 1.77 bits per heavy atom. The van der Waals surface area contributed by atoms with Crippen LogP contribution in [-0.4, -0.2) is 44.6 Å². The fraction of sp³-hybridized carbons (Fsp3) is 0.690. The molecule has 1 aliphatic rings. The van der Waals surface area contributed by atoms with Gasteiger partial charge in [-0.3, -0.25) is 4.79 Å². The molecule has 2 rings (SSSR count). The molecular formula is C29H47ClO4Si. The second kappa shape index (κ2) is 12.4. The summed E-state index contributed by atoms with van der Waals surface area (Å²) in [5, 5.41) is 9.96. The number of unbranched alkanes of at least 4 members (excludes halogenated alkanes) is 1. The lowest BCUT2D eigenvalue weighted by atomic mass is 9.81. The molecule has 198 valence electrons. The Morgan fingerprint density at radius 1 is 1.14 bits per heavy atom. The van der Waals surface area contributed by atoms with Crippen molar-refractivity contribution in [3.63, 3.8) is 0 Å². The first kappa shape index (κ1) is 30.1. The minimum atomic E-state index is -1.97. The fourth-order valence-corrected chi connectivity index (χ4v) is 6.35. The van der Waals surface area contributed by atoms with Gasteiger partial charge >= 0.3 is 5.97 Å². The first-order valence-corrected chi connectivity index (χ1v) is 16.3. The van der Waals surface area contributed by atoms with Crippen LogP contribution in [0.2, 0.25) is 18.1 Å². The van der Waals surface area contributed by atoms with Gasteiger partial charge in [0.05, 0.1) is 19.8 Å². The Bertz CT molecular complexity index is 841. The molecule has 0 bridgehead atoms. The van der Waals surface area contributed by atoms with Gasteiger partial charge in [-0.05, 0) is 60.9 Å². The molecule has 4 nitrogen and oxygen atoms in total. The van der Waals surface area contributed by atoms with Crippen LogP contribution in [0.15, 0.2) is 36.4 Å².